The molecule has 37 heavy (non-hydrogen) atoms. The van der Waals surface area contributed by atoms with Crippen LogP contribution >= 0.6 is 22.6 Å². The van der Waals surface area contributed by atoms with E-state index in [0.717, 1.165) is 13.0 Å². The molecule has 222 valence electrons. The molecule has 0 N–H and O–H groups in total. The van der Waals surface area contributed by atoms with Gasteiger partial charge in [-0.3, -0.25) is 0 Å². The summed E-state index contributed by atoms with van der Waals surface area (Å²) in [5.41, 5.74) is -0.501. The van der Waals surface area contributed by atoms with Crippen LogP contribution in [0.25, 0.3) is 0 Å². The number of carbonyl (C=O) groups is 1. The smallest absolute Gasteiger partial charge is 0.332 e. The number of rotatable bonds is 29. The largest absolute Gasteiger partial charge is 0.458 e. The van der Waals surface area contributed by atoms with Crippen molar-refractivity contribution >= 4 is 28.6 Å². The summed E-state index contributed by atoms with van der Waals surface area (Å²) < 4.78 is 49.8. The highest BCUT2D eigenvalue weighted by molar-refractivity contribution is 14.1. The Morgan fingerprint density at radius 1 is 0.486 bits per heavy atom. The number of hydrogen-bond acceptors (Lipinski definition) is 10. The maximum absolute atomic E-state index is 11.5. The summed E-state index contributed by atoms with van der Waals surface area (Å²) in [5, 5.41) is 0. The third-order valence-corrected chi connectivity index (χ3v) is 5.18. The van der Waals surface area contributed by atoms with Gasteiger partial charge in [0, 0.05) is 6.61 Å². The number of carbonyl (C=O) groups excluding carboxylic acids is 1. The van der Waals surface area contributed by atoms with Crippen molar-refractivity contribution in [2.45, 2.75) is 52.1 Å². The average Bonchev–Trinajstić information content (AvgIpc) is 2.84. The summed E-state index contributed by atoms with van der Waals surface area (Å²) >= 11 is 2.42. The van der Waals surface area contributed by atoms with Crippen LogP contribution in [0.5, 0.6) is 0 Å². The minimum absolute atomic E-state index is 0.0737. The molecule has 0 saturated carbocycles. The van der Waals surface area contributed by atoms with Gasteiger partial charge in [-0.1, -0.05) is 35.4 Å². The second-order valence-corrected chi connectivity index (χ2v) is 10.1. The van der Waals surface area contributed by atoms with E-state index in [-0.39, 0.29) is 12.6 Å². The number of alkyl halides is 1. The van der Waals surface area contributed by atoms with Crippen molar-refractivity contribution in [1.29, 1.82) is 0 Å². The molecular weight excluding hydrogens is 599 g/mol. The zero-order valence-corrected chi connectivity index (χ0v) is 25.5. The highest BCUT2D eigenvalue weighted by Crippen LogP contribution is 2.06. The van der Waals surface area contributed by atoms with E-state index in [4.69, 9.17) is 42.6 Å². The molecule has 0 unspecified atom stereocenters. The van der Waals surface area contributed by atoms with Crippen molar-refractivity contribution in [3.05, 3.63) is 0 Å². The molecule has 0 aromatic rings. The zero-order chi connectivity index (χ0) is 27.3. The van der Waals surface area contributed by atoms with E-state index in [1.54, 1.807) is 0 Å². The first-order valence-electron chi connectivity index (χ1n) is 13.4. The summed E-state index contributed by atoms with van der Waals surface area (Å²) in [6.45, 7) is 13.3. The van der Waals surface area contributed by atoms with Gasteiger partial charge in [0.05, 0.1) is 92.5 Å². The van der Waals surface area contributed by atoms with Crippen LogP contribution in [0.4, 0.5) is 0 Å². The summed E-state index contributed by atoms with van der Waals surface area (Å²) in [6, 6.07) is 0. The number of ether oxygens (including phenoxy) is 9. The van der Waals surface area contributed by atoms with Gasteiger partial charge >= 0.3 is 5.97 Å². The van der Waals surface area contributed by atoms with Gasteiger partial charge in [-0.25, -0.2) is 4.79 Å². The number of esters is 1. The second-order valence-electron chi connectivity index (χ2n) is 9.03. The Balaban J connectivity index is 3.09. The second kappa shape index (κ2) is 28.9. The van der Waals surface area contributed by atoms with E-state index in [1.165, 1.54) is 23.7 Å². The molecule has 0 spiro atoms. The minimum atomic E-state index is -0.501. The van der Waals surface area contributed by atoms with Crippen LogP contribution in [-0.4, -0.2) is 122 Å². The molecule has 0 atom stereocenters. The van der Waals surface area contributed by atoms with Gasteiger partial charge in [0.2, 0.25) is 0 Å². The van der Waals surface area contributed by atoms with Crippen LogP contribution in [0.2, 0.25) is 0 Å². The Morgan fingerprint density at radius 3 is 1.16 bits per heavy atom. The molecule has 0 rings (SSSR count). The SMILES string of the molecule is CC(C)(C)OC(=O)COCCOCCOCCOCCOCCOCCOCCOCCCCCCI. The summed E-state index contributed by atoms with van der Waals surface area (Å²) in [6.07, 6.45) is 4.97. The van der Waals surface area contributed by atoms with Gasteiger partial charge in [-0.2, -0.15) is 0 Å². The first kappa shape index (κ1) is 36.9. The molecule has 0 aliphatic heterocycles. The molecular formula is C26H51IO10. The number of unbranched alkanes of at least 4 members (excludes halogenated alkanes) is 3. The van der Waals surface area contributed by atoms with Crippen molar-refractivity contribution < 1.29 is 47.4 Å². The van der Waals surface area contributed by atoms with Gasteiger partial charge in [0.25, 0.3) is 0 Å². The Kier molecular flexibility index (Phi) is 28.8. The maximum Gasteiger partial charge on any atom is 0.332 e. The molecule has 0 heterocycles. The topological polar surface area (TPSA) is 100 Å². The number of hydrogen-bond donors (Lipinski definition) is 0. The molecule has 0 aromatic heterocycles. The standard InChI is InChI=1S/C26H51IO10/c1-26(2,3)37-25(28)24-36-23-22-35-21-20-34-19-18-33-17-16-32-15-14-31-13-12-30-11-10-29-9-7-5-4-6-8-27/h4-24H2,1-3H3. The quantitative estimate of drug-likeness (QED) is 0.0518. The van der Waals surface area contributed by atoms with Crippen LogP contribution in [-0.2, 0) is 47.4 Å². The van der Waals surface area contributed by atoms with Crippen molar-refractivity contribution in [3.63, 3.8) is 0 Å². The van der Waals surface area contributed by atoms with Gasteiger partial charge in [-0.05, 0) is 38.0 Å². The van der Waals surface area contributed by atoms with Gasteiger partial charge in [0.1, 0.15) is 12.2 Å². The molecule has 10 nitrogen and oxygen atoms in total. The first-order chi connectivity index (χ1) is 18.0. The van der Waals surface area contributed by atoms with Crippen molar-refractivity contribution in [1.82, 2.24) is 0 Å². The third kappa shape index (κ3) is 33.9. The van der Waals surface area contributed by atoms with E-state index in [0.29, 0.717) is 92.5 Å². The molecule has 0 aliphatic rings. The molecule has 11 heteroatoms. The lowest BCUT2D eigenvalue weighted by Gasteiger charge is -2.19. The minimum Gasteiger partial charge on any atom is -0.458 e. The molecule has 0 aliphatic carbocycles. The monoisotopic (exact) mass is 650 g/mol. The fourth-order valence-corrected chi connectivity index (χ4v) is 3.26. The van der Waals surface area contributed by atoms with Crippen LogP contribution < -0.4 is 0 Å². The molecule has 0 aromatic carbocycles. The lowest BCUT2D eigenvalue weighted by molar-refractivity contribution is -0.160. The van der Waals surface area contributed by atoms with Crippen LogP contribution in [0.1, 0.15) is 46.5 Å². The Morgan fingerprint density at radius 2 is 0.811 bits per heavy atom. The highest BCUT2D eigenvalue weighted by atomic mass is 127. The van der Waals surface area contributed by atoms with Crippen LogP contribution in [0.15, 0.2) is 0 Å². The number of halogens is 1. The fraction of sp³-hybridized carbons (Fsp3) is 0.962. The Bertz CT molecular complexity index is 477. The predicted molar refractivity (Wildman–Crippen MR) is 150 cm³/mol. The lowest BCUT2D eigenvalue weighted by Crippen LogP contribution is -2.27. The van der Waals surface area contributed by atoms with Crippen LogP contribution in [0, 0.1) is 0 Å². The Labute approximate surface area is 237 Å². The maximum atomic E-state index is 11.5. The average molecular weight is 651 g/mol. The van der Waals surface area contributed by atoms with Gasteiger partial charge < -0.3 is 42.6 Å². The van der Waals surface area contributed by atoms with E-state index in [1.807, 2.05) is 20.8 Å². The molecule has 0 amide bonds. The highest BCUT2D eigenvalue weighted by Gasteiger charge is 2.15. The normalized spacial score (nSPS) is 11.8. The molecule has 0 fully saturated rings. The van der Waals surface area contributed by atoms with E-state index in [2.05, 4.69) is 22.6 Å². The summed E-state index contributed by atoms with van der Waals surface area (Å²) in [5.74, 6) is -0.379. The van der Waals surface area contributed by atoms with E-state index >= 15 is 0 Å². The molecule has 0 bridgehead atoms. The third-order valence-electron chi connectivity index (χ3n) is 4.42. The zero-order valence-electron chi connectivity index (χ0n) is 23.3. The van der Waals surface area contributed by atoms with Gasteiger partial charge in [0.15, 0.2) is 0 Å². The fourth-order valence-electron chi connectivity index (χ4n) is 2.72. The van der Waals surface area contributed by atoms with Crippen LogP contribution in [0.3, 0.4) is 0 Å². The lowest BCUT2D eigenvalue weighted by atomic mass is 10.2. The van der Waals surface area contributed by atoms with Crippen molar-refractivity contribution in [2.75, 3.05) is 110 Å². The summed E-state index contributed by atoms with van der Waals surface area (Å²) in [7, 11) is 0. The molecule has 0 radical (unpaired) electrons. The van der Waals surface area contributed by atoms with Gasteiger partial charge in [-0.15, -0.1) is 0 Å². The van der Waals surface area contributed by atoms with Crippen molar-refractivity contribution in [2.24, 2.45) is 0 Å². The molecule has 0 saturated heterocycles. The van der Waals surface area contributed by atoms with E-state index in [9.17, 15) is 4.79 Å². The predicted octanol–water partition coefficient (Wildman–Crippen LogP) is 3.46. The Hall–Kier alpha value is -0.120. The summed E-state index contributed by atoms with van der Waals surface area (Å²) in [4.78, 5) is 11.5. The van der Waals surface area contributed by atoms with E-state index < -0.39 is 5.60 Å². The van der Waals surface area contributed by atoms with Crippen molar-refractivity contribution in [3.8, 4) is 0 Å². The first-order valence-corrected chi connectivity index (χ1v) is 14.9.